The fourth-order valence-electron chi connectivity index (χ4n) is 2.82. The molecular formula is C15H16BrNO. The Morgan fingerprint density at radius 2 is 1.94 bits per heavy atom. The van der Waals surface area contributed by atoms with Crippen LogP contribution in [0.25, 0.3) is 0 Å². The molecule has 3 heteroatoms. The van der Waals surface area contributed by atoms with Crippen LogP contribution in [-0.2, 0) is 5.41 Å². The number of nitrogens with one attached hydrogen (secondary N) is 1. The van der Waals surface area contributed by atoms with Gasteiger partial charge in [0.15, 0.2) is 0 Å². The van der Waals surface area contributed by atoms with Crippen LogP contribution >= 0.6 is 15.9 Å². The molecule has 1 heterocycles. The molecule has 18 heavy (non-hydrogen) atoms. The Bertz CT molecular complexity index is 530. The van der Waals surface area contributed by atoms with Gasteiger partial charge in [-0.3, -0.25) is 0 Å². The monoisotopic (exact) mass is 305 g/mol. The summed E-state index contributed by atoms with van der Waals surface area (Å²) in [5, 5.41) is 3.42. The molecular weight excluding hydrogens is 290 g/mol. The second kappa shape index (κ2) is 4.56. The minimum absolute atomic E-state index is 0.191. The average molecular weight is 306 g/mol. The van der Waals surface area contributed by atoms with Gasteiger partial charge in [0.25, 0.3) is 0 Å². The molecule has 1 aromatic carbocycles. The Morgan fingerprint density at radius 1 is 1.22 bits per heavy atom. The molecule has 1 aliphatic carbocycles. The molecule has 2 aromatic rings. The predicted molar refractivity (Wildman–Crippen MR) is 75.6 cm³/mol. The van der Waals surface area contributed by atoms with Gasteiger partial charge in [-0.15, -0.1) is 0 Å². The summed E-state index contributed by atoms with van der Waals surface area (Å²) in [7, 11) is 2.00. The summed E-state index contributed by atoms with van der Waals surface area (Å²) in [4.78, 5) is 0. The molecule has 1 saturated carbocycles. The zero-order valence-electron chi connectivity index (χ0n) is 10.3. The van der Waals surface area contributed by atoms with E-state index in [0.717, 1.165) is 10.2 Å². The molecule has 1 N–H and O–H groups in total. The molecule has 0 amide bonds. The van der Waals surface area contributed by atoms with Gasteiger partial charge in [-0.25, -0.2) is 0 Å². The number of halogens is 1. The van der Waals surface area contributed by atoms with E-state index in [4.69, 9.17) is 4.42 Å². The molecule has 1 atom stereocenters. The fourth-order valence-corrected chi connectivity index (χ4v) is 3.25. The Hall–Kier alpha value is -1.06. The highest BCUT2D eigenvalue weighted by Crippen LogP contribution is 2.57. The highest BCUT2D eigenvalue weighted by atomic mass is 79.9. The molecule has 0 bridgehead atoms. The fraction of sp³-hybridized carbons (Fsp3) is 0.333. The largest absolute Gasteiger partial charge is 0.466 e. The Balaban J connectivity index is 2.00. The molecule has 0 spiro atoms. The maximum absolute atomic E-state index is 5.66. The Labute approximate surface area is 116 Å². The van der Waals surface area contributed by atoms with E-state index < -0.39 is 0 Å². The molecule has 1 aromatic heterocycles. The first-order chi connectivity index (χ1) is 8.78. The third-order valence-corrected chi connectivity index (χ3v) is 4.54. The van der Waals surface area contributed by atoms with Crippen molar-refractivity contribution in [1.82, 2.24) is 5.32 Å². The zero-order chi connectivity index (χ0) is 12.6. The lowest BCUT2D eigenvalue weighted by molar-refractivity contribution is 0.368. The van der Waals surface area contributed by atoms with Crippen molar-refractivity contribution in [2.45, 2.75) is 24.3 Å². The predicted octanol–water partition coefficient (Wildman–Crippen LogP) is 4.03. The van der Waals surface area contributed by atoms with Crippen molar-refractivity contribution in [1.29, 1.82) is 0 Å². The van der Waals surface area contributed by atoms with E-state index in [-0.39, 0.29) is 11.5 Å². The van der Waals surface area contributed by atoms with Gasteiger partial charge in [0.05, 0.1) is 16.8 Å². The number of hydrogen-bond donors (Lipinski definition) is 1. The van der Waals surface area contributed by atoms with E-state index in [9.17, 15) is 0 Å². The van der Waals surface area contributed by atoms with Crippen molar-refractivity contribution in [3.05, 3.63) is 58.5 Å². The van der Waals surface area contributed by atoms with Gasteiger partial charge in [-0.05, 0) is 47.4 Å². The van der Waals surface area contributed by atoms with Crippen LogP contribution in [0.5, 0.6) is 0 Å². The first-order valence-corrected chi connectivity index (χ1v) is 7.03. The van der Waals surface area contributed by atoms with Gasteiger partial charge < -0.3 is 9.73 Å². The van der Waals surface area contributed by atoms with E-state index in [1.165, 1.54) is 18.4 Å². The van der Waals surface area contributed by atoms with Gasteiger partial charge in [-0.2, -0.15) is 0 Å². The Kier molecular flexibility index (Phi) is 3.04. The van der Waals surface area contributed by atoms with Crippen LogP contribution in [0.2, 0.25) is 0 Å². The number of hydrogen-bond acceptors (Lipinski definition) is 2. The maximum Gasteiger partial charge on any atom is 0.135 e. The summed E-state index contributed by atoms with van der Waals surface area (Å²) in [5.41, 5.74) is 1.59. The van der Waals surface area contributed by atoms with Gasteiger partial charge in [0, 0.05) is 5.41 Å². The second-order valence-corrected chi connectivity index (χ2v) is 5.73. The highest BCUT2D eigenvalue weighted by molar-refractivity contribution is 9.10. The van der Waals surface area contributed by atoms with E-state index in [1.54, 1.807) is 6.26 Å². The average Bonchev–Trinajstić information content (AvgIpc) is 3.10. The maximum atomic E-state index is 5.66. The van der Waals surface area contributed by atoms with Crippen molar-refractivity contribution >= 4 is 15.9 Å². The molecule has 3 rings (SSSR count). The van der Waals surface area contributed by atoms with Crippen LogP contribution in [0, 0.1) is 0 Å². The van der Waals surface area contributed by atoms with E-state index >= 15 is 0 Å². The van der Waals surface area contributed by atoms with Crippen molar-refractivity contribution in [2.24, 2.45) is 0 Å². The van der Waals surface area contributed by atoms with Gasteiger partial charge >= 0.3 is 0 Å². The quantitative estimate of drug-likeness (QED) is 0.922. The van der Waals surface area contributed by atoms with Crippen LogP contribution in [0.3, 0.4) is 0 Å². The first kappa shape index (κ1) is 12.0. The summed E-state index contributed by atoms with van der Waals surface area (Å²) < 4.78 is 6.70. The van der Waals surface area contributed by atoms with Crippen LogP contribution < -0.4 is 5.32 Å². The van der Waals surface area contributed by atoms with Crippen molar-refractivity contribution in [2.75, 3.05) is 7.05 Å². The molecule has 1 unspecified atom stereocenters. The topological polar surface area (TPSA) is 25.2 Å². The normalized spacial score (nSPS) is 18.6. The molecule has 1 fully saturated rings. The minimum Gasteiger partial charge on any atom is -0.466 e. The lowest BCUT2D eigenvalue weighted by Gasteiger charge is -2.26. The van der Waals surface area contributed by atoms with Crippen molar-refractivity contribution in [3.8, 4) is 0 Å². The summed E-state index contributed by atoms with van der Waals surface area (Å²) in [6.45, 7) is 0. The standard InChI is InChI=1S/C15H16BrNO/c1-17-14(13-12(16)7-10-18-13)15(8-9-15)11-5-3-2-4-6-11/h2-7,10,14,17H,8-9H2,1H3. The van der Waals surface area contributed by atoms with Crippen molar-refractivity contribution < 1.29 is 4.42 Å². The van der Waals surface area contributed by atoms with Gasteiger partial charge in [0.2, 0.25) is 0 Å². The zero-order valence-corrected chi connectivity index (χ0v) is 11.9. The molecule has 2 nitrogen and oxygen atoms in total. The minimum atomic E-state index is 0.191. The molecule has 0 radical (unpaired) electrons. The van der Waals surface area contributed by atoms with Crippen molar-refractivity contribution in [3.63, 3.8) is 0 Å². The summed E-state index contributed by atoms with van der Waals surface area (Å²) in [6, 6.07) is 12.9. The number of benzene rings is 1. The number of furan rings is 1. The van der Waals surface area contributed by atoms with Crippen LogP contribution in [0.15, 0.2) is 51.6 Å². The Morgan fingerprint density at radius 3 is 2.44 bits per heavy atom. The molecule has 1 aliphatic rings. The van der Waals surface area contributed by atoms with Crippen LogP contribution in [0.4, 0.5) is 0 Å². The number of rotatable bonds is 4. The lowest BCUT2D eigenvalue weighted by Crippen LogP contribution is -2.29. The summed E-state index contributed by atoms with van der Waals surface area (Å²) in [5.74, 6) is 0.999. The lowest BCUT2D eigenvalue weighted by atomic mass is 9.86. The molecule has 94 valence electrons. The highest BCUT2D eigenvalue weighted by Gasteiger charge is 2.52. The van der Waals surface area contributed by atoms with E-state index in [0.29, 0.717) is 0 Å². The van der Waals surface area contributed by atoms with E-state index in [2.05, 4.69) is 51.6 Å². The molecule has 0 saturated heterocycles. The third-order valence-electron chi connectivity index (χ3n) is 3.89. The first-order valence-electron chi connectivity index (χ1n) is 6.23. The van der Waals surface area contributed by atoms with Gasteiger partial charge in [-0.1, -0.05) is 30.3 Å². The summed E-state index contributed by atoms with van der Waals surface area (Å²) in [6.07, 6.45) is 4.15. The SMILES string of the molecule is CNC(c1occc1Br)C1(c2ccccc2)CC1. The van der Waals surface area contributed by atoms with Crippen LogP contribution in [0.1, 0.15) is 30.2 Å². The van der Waals surface area contributed by atoms with E-state index in [1.807, 2.05) is 13.1 Å². The van der Waals surface area contributed by atoms with Crippen LogP contribution in [-0.4, -0.2) is 7.05 Å². The molecule has 0 aliphatic heterocycles. The number of likely N-dealkylation sites (N-methyl/N-ethyl adjacent to an activating group) is 1. The second-order valence-electron chi connectivity index (χ2n) is 4.88. The summed E-state index contributed by atoms with van der Waals surface area (Å²) >= 11 is 3.57. The van der Waals surface area contributed by atoms with Gasteiger partial charge in [0.1, 0.15) is 5.76 Å². The smallest absolute Gasteiger partial charge is 0.135 e. The third kappa shape index (κ3) is 1.82.